The van der Waals surface area contributed by atoms with Crippen molar-refractivity contribution < 1.29 is 5.11 Å². The molecule has 0 radical (unpaired) electrons. The average Bonchev–Trinajstić information content (AvgIpc) is 2.86. The summed E-state index contributed by atoms with van der Waals surface area (Å²) in [6.07, 6.45) is 2.22. The van der Waals surface area contributed by atoms with Crippen LogP contribution in [0.15, 0.2) is 22.8 Å². The van der Waals surface area contributed by atoms with Gasteiger partial charge >= 0.3 is 0 Å². The summed E-state index contributed by atoms with van der Waals surface area (Å²) in [7, 11) is 0. The number of hydrogen-bond acceptors (Lipinski definition) is 2. The minimum Gasteiger partial charge on any atom is -0.384 e. The van der Waals surface area contributed by atoms with Crippen LogP contribution in [0.3, 0.4) is 0 Å². The molecule has 1 aromatic heterocycles. The normalized spacial score (nSPS) is 21.2. The summed E-state index contributed by atoms with van der Waals surface area (Å²) in [5, 5.41) is 10.2. The summed E-state index contributed by atoms with van der Waals surface area (Å²) in [4.78, 5) is 4.27. The third-order valence-electron chi connectivity index (χ3n) is 2.61. The van der Waals surface area contributed by atoms with E-state index in [0.29, 0.717) is 5.92 Å². The molecule has 70 valence electrons. The van der Waals surface area contributed by atoms with Gasteiger partial charge in [-0.05, 0) is 53.7 Å². The van der Waals surface area contributed by atoms with Crippen LogP contribution < -0.4 is 0 Å². The molecule has 3 heteroatoms. The first-order valence-corrected chi connectivity index (χ1v) is 5.25. The lowest BCUT2D eigenvalue weighted by Gasteiger charge is -2.22. The zero-order valence-corrected chi connectivity index (χ0v) is 9.08. The molecule has 1 atom stereocenters. The highest BCUT2D eigenvalue weighted by molar-refractivity contribution is 9.10. The van der Waals surface area contributed by atoms with Crippen LogP contribution in [0, 0.1) is 5.92 Å². The standard InChI is InChI=1S/C10H12BrNO/c1-10(13,7-5-6-7)8-3-2-4-9(11)12-8/h2-4,7,13H,5-6H2,1H3. The van der Waals surface area contributed by atoms with Gasteiger partial charge in [0.15, 0.2) is 0 Å². The van der Waals surface area contributed by atoms with Gasteiger partial charge in [-0.1, -0.05) is 6.07 Å². The van der Waals surface area contributed by atoms with E-state index >= 15 is 0 Å². The monoisotopic (exact) mass is 241 g/mol. The highest BCUT2D eigenvalue weighted by Crippen LogP contribution is 2.44. The van der Waals surface area contributed by atoms with Gasteiger partial charge in [0.1, 0.15) is 10.2 Å². The second-order valence-electron chi connectivity index (χ2n) is 3.77. The van der Waals surface area contributed by atoms with Gasteiger partial charge in [0.2, 0.25) is 0 Å². The fraction of sp³-hybridized carbons (Fsp3) is 0.500. The lowest BCUT2D eigenvalue weighted by Crippen LogP contribution is -2.25. The first-order chi connectivity index (χ1) is 6.10. The third-order valence-corrected chi connectivity index (χ3v) is 3.05. The van der Waals surface area contributed by atoms with Crippen LogP contribution in [0.2, 0.25) is 0 Å². The third kappa shape index (κ3) is 1.76. The van der Waals surface area contributed by atoms with Crippen LogP contribution in [-0.4, -0.2) is 10.1 Å². The molecular formula is C10H12BrNO. The van der Waals surface area contributed by atoms with Crippen molar-refractivity contribution in [3.63, 3.8) is 0 Å². The Hall–Kier alpha value is -0.410. The molecule has 0 bridgehead atoms. The minimum atomic E-state index is -0.746. The second kappa shape index (κ2) is 3.07. The summed E-state index contributed by atoms with van der Waals surface area (Å²) >= 11 is 3.30. The Balaban J connectivity index is 2.33. The quantitative estimate of drug-likeness (QED) is 0.808. The molecule has 1 aliphatic rings. The van der Waals surface area contributed by atoms with Gasteiger partial charge in [0.05, 0.1) is 5.69 Å². The molecule has 1 N–H and O–H groups in total. The largest absolute Gasteiger partial charge is 0.384 e. The molecule has 0 aliphatic heterocycles. The molecule has 1 fully saturated rings. The number of rotatable bonds is 2. The lowest BCUT2D eigenvalue weighted by atomic mass is 9.96. The van der Waals surface area contributed by atoms with E-state index in [2.05, 4.69) is 20.9 Å². The maximum Gasteiger partial charge on any atom is 0.107 e. The van der Waals surface area contributed by atoms with Crippen molar-refractivity contribution in [3.05, 3.63) is 28.5 Å². The van der Waals surface area contributed by atoms with Gasteiger partial charge in [-0.2, -0.15) is 0 Å². The van der Waals surface area contributed by atoms with E-state index in [9.17, 15) is 5.11 Å². The summed E-state index contributed by atoms with van der Waals surface area (Å²) in [5.74, 6) is 0.397. The lowest BCUT2D eigenvalue weighted by molar-refractivity contribution is 0.0285. The summed E-state index contributed by atoms with van der Waals surface area (Å²) < 4.78 is 0.783. The van der Waals surface area contributed by atoms with Crippen molar-refractivity contribution in [3.8, 4) is 0 Å². The Morgan fingerprint density at radius 2 is 2.23 bits per heavy atom. The Morgan fingerprint density at radius 3 is 2.77 bits per heavy atom. The van der Waals surface area contributed by atoms with Gasteiger partial charge in [-0.15, -0.1) is 0 Å². The smallest absolute Gasteiger partial charge is 0.107 e. The first-order valence-electron chi connectivity index (χ1n) is 4.46. The molecule has 1 aliphatic carbocycles. The SMILES string of the molecule is CC(O)(c1cccc(Br)n1)C1CC1. The number of nitrogens with zero attached hydrogens (tertiary/aromatic N) is 1. The maximum absolute atomic E-state index is 10.2. The van der Waals surface area contributed by atoms with E-state index in [1.54, 1.807) is 0 Å². The topological polar surface area (TPSA) is 33.1 Å². The van der Waals surface area contributed by atoms with Crippen molar-refractivity contribution in [1.82, 2.24) is 4.98 Å². The van der Waals surface area contributed by atoms with Crippen molar-refractivity contribution in [1.29, 1.82) is 0 Å². The summed E-state index contributed by atoms with van der Waals surface area (Å²) in [5.41, 5.74) is 0.0217. The van der Waals surface area contributed by atoms with Crippen molar-refractivity contribution in [2.24, 2.45) is 5.92 Å². The number of pyridine rings is 1. The van der Waals surface area contributed by atoms with E-state index in [-0.39, 0.29) is 0 Å². The molecule has 0 spiro atoms. The average molecular weight is 242 g/mol. The summed E-state index contributed by atoms with van der Waals surface area (Å²) in [6, 6.07) is 5.65. The van der Waals surface area contributed by atoms with Crippen LogP contribution in [0.1, 0.15) is 25.5 Å². The van der Waals surface area contributed by atoms with E-state index in [0.717, 1.165) is 23.1 Å². The van der Waals surface area contributed by atoms with E-state index < -0.39 is 5.60 Å². The molecule has 1 heterocycles. The van der Waals surface area contributed by atoms with E-state index in [1.807, 2.05) is 25.1 Å². The van der Waals surface area contributed by atoms with Gasteiger partial charge < -0.3 is 5.11 Å². The molecule has 1 unspecified atom stereocenters. The summed E-state index contributed by atoms with van der Waals surface area (Å²) in [6.45, 7) is 1.85. The van der Waals surface area contributed by atoms with Gasteiger partial charge in [0, 0.05) is 0 Å². The molecule has 1 saturated carbocycles. The first kappa shape index (κ1) is 9.16. The van der Waals surface area contributed by atoms with Crippen LogP contribution in [0.4, 0.5) is 0 Å². The second-order valence-corrected chi connectivity index (χ2v) is 4.58. The van der Waals surface area contributed by atoms with Gasteiger partial charge in [-0.25, -0.2) is 4.98 Å². The zero-order valence-electron chi connectivity index (χ0n) is 7.50. The van der Waals surface area contributed by atoms with Crippen LogP contribution in [0.25, 0.3) is 0 Å². The Bertz CT molecular complexity index is 320. The van der Waals surface area contributed by atoms with Crippen molar-refractivity contribution >= 4 is 15.9 Å². The molecule has 2 rings (SSSR count). The Labute approximate surface area is 86.1 Å². The minimum absolute atomic E-state index is 0.397. The Morgan fingerprint density at radius 1 is 1.54 bits per heavy atom. The number of aromatic nitrogens is 1. The van der Waals surface area contributed by atoms with Crippen molar-refractivity contribution in [2.75, 3.05) is 0 Å². The molecule has 1 aromatic rings. The van der Waals surface area contributed by atoms with E-state index in [1.165, 1.54) is 0 Å². The van der Waals surface area contributed by atoms with Gasteiger partial charge in [-0.3, -0.25) is 0 Å². The van der Waals surface area contributed by atoms with Gasteiger partial charge in [0.25, 0.3) is 0 Å². The van der Waals surface area contributed by atoms with Crippen LogP contribution in [0.5, 0.6) is 0 Å². The fourth-order valence-corrected chi connectivity index (χ4v) is 1.89. The number of aliphatic hydroxyl groups is 1. The molecule has 0 aromatic carbocycles. The number of hydrogen-bond donors (Lipinski definition) is 1. The highest BCUT2D eigenvalue weighted by Gasteiger charge is 2.42. The molecular weight excluding hydrogens is 230 g/mol. The number of halogens is 1. The molecule has 0 saturated heterocycles. The molecule has 13 heavy (non-hydrogen) atoms. The predicted molar refractivity (Wildman–Crippen MR) is 54.2 cm³/mol. The predicted octanol–water partition coefficient (Wildman–Crippen LogP) is 2.46. The maximum atomic E-state index is 10.2. The van der Waals surface area contributed by atoms with Crippen LogP contribution >= 0.6 is 15.9 Å². The van der Waals surface area contributed by atoms with Crippen LogP contribution in [-0.2, 0) is 5.60 Å². The molecule has 2 nitrogen and oxygen atoms in total. The molecule has 0 amide bonds. The zero-order chi connectivity index (χ0) is 9.47. The van der Waals surface area contributed by atoms with Crippen molar-refractivity contribution in [2.45, 2.75) is 25.4 Å². The Kier molecular flexibility index (Phi) is 2.16. The fourth-order valence-electron chi connectivity index (χ4n) is 1.54. The van der Waals surface area contributed by atoms with E-state index in [4.69, 9.17) is 0 Å². The highest BCUT2D eigenvalue weighted by atomic mass is 79.9.